The van der Waals surface area contributed by atoms with Crippen LogP contribution in [0.1, 0.15) is 36.7 Å². The van der Waals surface area contributed by atoms with Crippen molar-refractivity contribution in [3.8, 4) is 22.8 Å². The van der Waals surface area contributed by atoms with Gasteiger partial charge in [0, 0.05) is 16.5 Å². The van der Waals surface area contributed by atoms with Gasteiger partial charge < -0.3 is 20.1 Å². The summed E-state index contributed by atoms with van der Waals surface area (Å²) in [4.78, 5) is 29.1. The molecule has 168 valence electrons. The number of hydrogen-bond acceptors (Lipinski definition) is 6. The summed E-state index contributed by atoms with van der Waals surface area (Å²) in [6.07, 6.45) is 0. The minimum absolute atomic E-state index is 0.0103. The van der Waals surface area contributed by atoms with Crippen molar-refractivity contribution in [3.05, 3.63) is 59.0 Å². The van der Waals surface area contributed by atoms with Crippen LogP contribution in [-0.2, 0) is 10.2 Å². The molecular formula is C24H27N3O4S. The van der Waals surface area contributed by atoms with Crippen LogP contribution in [0.25, 0.3) is 11.3 Å². The second-order valence-corrected chi connectivity index (χ2v) is 9.02. The summed E-state index contributed by atoms with van der Waals surface area (Å²) >= 11 is 1.29. The molecule has 7 nitrogen and oxygen atoms in total. The van der Waals surface area contributed by atoms with E-state index < -0.39 is 0 Å². The molecule has 3 rings (SSSR count). The van der Waals surface area contributed by atoms with E-state index in [0.717, 1.165) is 11.1 Å². The lowest BCUT2D eigenvalue weighted by atomic mass is 9.87. The van der Waals surface area contributed by atoms with Gasteiger partial charge in [-0.3, -0.25) is 9.59 Å². The first-order valence-corrected chi connectivity index (χ1v) is 11.0. The van der Waals surface area contributed by atoms with E-state index in [1.165, 1.54) is 11.3 Å². The third kappa shape index (κ3) is 5.64. The summed E-state index contributed by atoms with van der Waals surface area (Å²) in [5.41, 5.74) is 3.07. The summed E-state index contributed by atoms with van der Waals surface area (Å²) in [5.74, 6) is 0.668. The van der Waals surface area contributed by atoms with Crippen LogP contribution in [0.3, 0.4) is 0 Å². The highest BCUT2D eigenvalue weighted by Crippen LogP contribution is 2.35. The molecule has 0 bridgehead atoms. The third-order valence-corrected chi connectivity index (χ3v) is 5.61. The number of nitrogens with zero attached hydrogens (tertiary/aromatic N) is 1. The first-order valence-electron chi connectivity index (χ1n) is 10.1. The quantitative estimate of drug-likeness (QED) is 0.550. The summed E-state index contributed by atoms with van der Waals surface area (Å²) in [6, 6.07) is 12.8. The fourth-order valence-electron chi connectivity index (χ4n) is 3.02. The molecule has 1 heterocycles. The molecule has 2 amide bonds. The van der Waals surface area contributed by atoms with Crippen molar-refractivity contribution >= 4 is 28.3 Å². The number of anilines is 1. The lowest BCUT2D eigenvalue weighted by molar-refractivity contribution is -0.115. The van der Waals surface area contributed by atoms with Gasteiger partial charge in [0.05, 0.1) is 26.5 Å². The number of methoxy groups -OCH3 is 2. The zero-order valence-corrected chi connectivity index (χ0v) is 19.6. The van der Waals surface area contributed by atoms with Crippen LogP contribution >= 0.6 is 11.3 Å². The number of amides is 2. The van der Waals surface area contributed by atoms with Gasteiger partial charge in [0.1, 0.15) is 11.5 Å². The number of hydrogen-bond donors (Lipinski definition) is 2. The maximum absolute atomic E-state index is 12.4. The Morgan fingerprint density at radius 3 is 2.38 bits per heavy atom. The number of benzene rings is 2. The minimum Gasteiger partial charge on any atom is -0.497 e. The van der Waals surface area contributed by atoms with Gasteiger partial charge in [0.15, 0.2) is 5.13 Å². The molecule has 0 fully saturated rings. The lowest BCUT2D eigenvalue weighted by Gasteiger charge is -2.19. The van der Waals surface area contributed by atoms with Crippen molar-refractivity contribution in [1.82, 2.24) is 10.3 Å². The standard InChI is InChI=1S/C24H27N3O4S/c1-24(2,3)16-8-6-15(7-9-16)22(29)25-13-21(28)27-23-26-19(14-32-23)18-12-17(30-4)10-11-20(18)31-5/h6-12,14H,13H2,1-5H3,(H,25,29)(H,26,27,28). The van der Waals surface area contributed by atoms with Crippen LogP contribution in [0.5, 0.6) is 11.5 Å². The molecule has 3 aromatic rings. The van der Waals surface area contributed by atoms with Gasteiger partial charge in [-0.2, -0.15) is 0 Å². The monoisotopic (exact) mass is 453 g/mol. The van der Waals surface area contributed by atoms with E-state index >= 15 is 0 Å². The third-order valence-electron chi connectivity index (χ3n) is 4.86. The SMILES string of the molecule is COc1ccc(OC)c(-c2csc(NC(=O)CNC(=O)c3ccc(C(C)(C)C)cc3)n2)c1. The lowest BCUT2D eigenvalue weighted by Crippen LogP contribution is -2.32. The molecule has 2 N–H and O–H groups in total. The Hall–Kier alpha value is -3.39. The molecule has 0 aliphatic carbocycles. The summed E-state index contributed by atoms with van der Waals surface area (Å²) in [7, 11) is 3.17. The normalized spacial score (nSPS) is 11.0. The number of nitrogens with one attached hydrogen (secondary N) is 2. The summed E-state index contributed by atoms with van der Waals surface area (Å²) in [5, 5.41) is 7.60. The highest BCUT2D eigenvalue weighted by molar-refractivity contribution is 7.14. The zero-order valence-electron chi connectivity index (χ0n) is 18.8. The number of carbonyl (C=O) groups is 2. The number of carbonyl (C=O) groups excluding carboxylic acids is 2. The molecule has 0 aliphatic rings. The molecule has 8 heteroatoms. The van der Waals surface area contributed by atoms with E-state index in [1.54, 1.807) is 38.5 Å². The molecular weight excluding hydrogens is 426 g/mol. The molecule has 0 radical (unpaired) electrons. The largest absolute Gasteiger partial charge is 0.497 e. The predicted octanol–water partition coefficient (Wildman–Crippen LogP) is 4.49. The maximum Gasteiger partial charge on any atom is 0.251 e. The van der Waals surface area contributed by atoms with E-state index in [1.807, 2.05) is 23.6 Å². The molecule has 0 atom stereocenters. The maximum atomic E-state index is 12.4. The Labute approximate surface area is 191 Å². The van der Waals surface area contributed by atoms with Crippen LogP contribution in [-0.4, -0.2) is 37.6 Å². The zero-order chi connectivity index (χ0) is 23.3. The Morgan fingerprint density at radius 1 is 1.03 bits per heavy atom. The fraction of sp³-hybridized carbons (Fsp3) is 0.292. The highest BCUT2D eigenvalue weighted by Gasteiger charge is 2.16. The van der Waals surface area contributed by atoms with Crippen LogP contribution in [0.2, 0.25) is 0 Å². The molecule has 1 aromatic heterocycles. The second kappa shape index (κ2) is 9.82. The van der Waals surface area contributed by atoms with Gasteiger partial charge in [0.2, 0.25) is 5.91 Å². The van der Waals surface area contributed by atoms with Crippen LogP contribution in [0, 0.1) is 0 Å². The second-order valence-electron chi connectivity index (χ2n) is 8.16. The number of aromatic nitrogens is 1. The van der Waals surface area contributed by atoms with Crippen molar-refractivity contribution in [2.24, 2.45) is 0 Å². The molecule has 0 aliphatic heterocycles. The van der Waals surface area contributed by atoms with E-state index in [9.17, 15) is 9.59 Å². The van der Waals surface area contributed by atoms with E-state index in [-0.39, 0.29) is 23.8 Å². The number of rotatable bonds is 7. The van der Waals surface area contributed by atoms with Crippen LogP contribution in [0.4, 0.5) is 5.13 Å². The van der Waals surface area contributed by atoms with Crippen molar-refractivity contribution in [2.75, 3.05) is 26.1 Å². The fourth-order valence-corrected chi connectivity index (χ4v) is 3.74. The average molecular weight is 454 g/mol. The first-order chi connectivity index (χ1) is 15.2. The van der Waals surface area contributed by atoms with Crippen molar-refractivity contribution in [2.45, 2.75) is 26.2 Å². The van der Waals surface area contributed by atoms with Crippen molar-refractivity contribution in [3.63, 3.8) is 0 Å². The van der Waals surface area contributed by atoms with Crippen molar-refractivity contribution < 1.29 is 19.1 Å². The number of ether oxygens (including phenoxy) is 2. The molecule has 0 saturated heterocycles. The van der Waals surface area contributed by atoms with Crippen LogP contribution in [0.15, 0.2) is 47.8 Å². The first kappa shape index (κ1) is 23.3. The molecule has 2 aromatic carbocycles. The Bertz CT molecular complexity index is 1100. The van der Waals surface area contributed by atoms with Gasteiger partial charge in [-0.1, -0.05) is 32.9 Å². The van der Waals surface area contributed by atoms with Gasteiger partial charge in [-0.25, -0.2) is 4.98 Å². The predicted molar refractivity (Wildman–Crippen MR) is 127 cm³/mol. The van der Waals surface area contributed by atoms with E-state index in [2.05, 4.69) is 36.4 Å². The molecule has 0 saturated carbocycles. The number of thiazole rings is 1. The van der Waals surface area contributed by atoms with Gasteiger partial charge in [0.25, 0.3) is 5.91 Å². The van der Waals surface area contributed by atoms with Gasteiger partial charge >= 0.3 is 0 Å². The average Bonchev–Trinajstić information content (AvgIpc) is 3.24. The summed E-state index contributed by atoms with van der Waals surface area (Å²) < 4.78 is 10.7. The minimum atomic E-state index is -0.358. The van der Waals surface area contributed by atoms with Gasteiger partial charge in [-0.15, -0.1) is 11.3 Å². The molecule has 0 spiro atoms. The molecule has 0 unspecified atom stereocenters. The van der Waals surface area contributed by atoms with Gasteiger partial charge in [-0.05, 0) is 41.3 Å². The Morgan fingerprint density at radius 2 is 1.75 bits per heavy atom. The molecule has 32 heavy (non-hydrogen) atoms. The highest BCUT2D eigenvalue weighted by atomic mass is 32.1. The Balaban J connectivity index is 1.59. The van der Waals surface area contributed by atoms with E-state index in [0.29, 0.717) is 27.9 Å². The van der Waals surface area contributed by atoms with Crippen molar-refractivity contribution in [1.29, 1.82) is 0 Å². The summed E-state index contributed by atoms with van der Waals surface area (Å²) in [6.45, 7) is 6.18. The Kier molecular flexibility index (Phi) is 7.15. The van der Waals surface area contributed by atoms with Crippen LogP contribution < -0.4 is 20.1 Å². The smallest absolute Gasteiger partial charge is 0.251 e. The van der Waals surface area contributed by atoms with E-state index in [4.69, 9.17) is 9.47 Å². The topological polar surface area (TPSA) is 89.5 Å².